The molecule has 0 bridgehead atoms. The first-order chi connectivity index (χ1) is 8.45. The lowest BCUT2D eigenvalue weighted by molar-refractivity contribution is 0.368. The molecule has 0 saturated carbocycles. The summed E-state index contributed by atoms with van der Waals surface area (Å²) in [6.07, 6.45) is 0. The number of hydrogen-bond acceptors (Lipinski definition) is 1. The highest BCUT2D eigenvalue weighted by molar-refractivity contribution is 7.99. The van der Waals surface area contributed by atoms with Crippen LogP contribution in [-0.4, -0.2) is 7.25 Å². The molecule has 96 valence electrons. The van der Waals surface area contributed by atoms with Gasteiger partial charge in [0.1, 0.15) is 0 Å². The van der Waals surface area contributed by atoms with Crippen LogP contribution in [0.1, 0.15) is 0 Å². The Morgan fingerprint density at radius 3 is 1.17 bits per heavy atom. The third-order valence-corrected chi connectivity index (χ3v) is 2.74. The monoisotopic (exact) mass is 273 g/mol. The van der Waals surface area contributed by atoms with Gasteiger partial charge in [0.2, 0.25) is 0 Å². The van der Waals surface area contributed by atoms with Gasteiger partial charge in [0.15, 0.2) is 0 Å². The summed E-state index contributed by atoms with van der Waals surface area (Å²) in [5, 5.41) is 0. The van der Waals surface area contributed by atoms with Crippen LogP contribution in [0.3, 0.4) is 0 Å². The van der Waals surface area contributed by atoms with Crippen molar-refractivity contribution < 1.29 is 17.3 Å². The van der Waals surface area contributed by atoms with Gasteiger partial charge < -0.3 is 17.3 Å². The molecule has 0 amide bonds. The number of hydrogen-bond donors (Lipinski definition) is 0. The fourth-order valence-corrected chi connectivity index (χ4v) is 1.97. The molecule has 0 spiro atoms. The second kappa shape index (κ2) is 7.11. The van der Waals surface area contributed by atoms with Gasteiger partial charge in [0.25, 0.3) is 0 Å². The Morgan fingerprint density at radius 1 is 0.611 bits per heavy atom. The minimum Gasteiger partial charge on any atom is -0.418 e. The van der Waals surface area contributed by atoms with E-state index in [4.69, 9.17) is 0 Å². The van der Waals surface area contributed by atoms with E-state index in [1.807, 2.05) is 12.1 Å². The third kappa shape index (κ3) is 7.78. The summed E-state index contributed by atoms with van der Waals surface area (Å²) in [7, 11) is -6.00. The molecular weight excluding hydrogens is 263 g/mol. The maximum Gasteiger partial charge on any atom is 0.673 e. The lowest BCUT2D eigenvalue weighted by atomic mass is 10.3. The largest absolute Gasteiger partial charge is 0.673 e. The van der Waals surface area contributed by atoms with Crippen LogP contribution in [0.25, 0.3) is 0 Å². The van der Waals surface area contributed by atoms with Crippen molar-refractivity contribution in [3.8, 4) is 0 Å². The van der Waals surface area contributed by atoms with Gasteiger partial charge in [0, 0.05) is 9.79 Å². The molecule has 6 heteroatoms. The Bertz CT molecular complexity index is 401. The first-order valence-corrected chi connectivity index (χ1v) is 5.92. The van der Waals surface area contributed by atoms with Gasteiger partial charge in [-0.2, -0.15) is 0 Å². The summed E-state index contributed by atoms with van der Waals surface area (Å²) < 4.78 is 39.0. The summed E-state index contributed by atoms with van der Waals surface area (Å²) in [5.41, 5.74) is 0. The lowest BCUT2D eigenvalue weighted by Crippen LogP contribution is -2.02. The van der Waals surface area contributed by atoms with Gasteiger partial charge in [-0.25, -0.2) is 0 Å². The first-order valence-electron chi connectivity index (χ1n) is 5.10. The van der Waals surface area contributed by atoms with Crippen molar-refractivity contribution in [2.75, 3.05) is 0 Å². The zero-order valence-corrected chi connectivity index (χ0v) is 10.1. The minimum absolute atomic E-state index is 1.29. The molecule has 0 fully saturated rings. The molecule has 2 rings (SSSR count). The minimum atomic E-state index is -6.00. The molecule has 0 aliphatic carbocycles. The van der Waals surface area contributed by atoms with Crippen molar-refractivity contribution in [1.82, 2.24) is 0 Å². The van der Waals surface area contributed by atoms with Gasteiger partial charge in [0.05, 0.1) is 0 Å². The second-order valence-corrected chi connectivity index (χ2v) is 4.37. The van der Waals surface area contributed by atoms with Gasteiger partial charge in [-0.3, -0.25) is 0 Å². The van der Waals surface area contributed by atoms with E-state index >= 15 is 0 Å². The predicted molar refractivity (Wildman–Crippen MR) is 67.2 cm³/mol. The van der Waals surface area contributed by atoms with Gasteiger partial charge in [-0.05, 0) is 24.3 Å². The van der Waals surface area contributed by atoms with Crippen molar-refractivity contribution >= 4 is 19.0 Å². The molecule has 0 radical (unpaired) electrons. The molecule has 0 atom stereocenters. The topological polar surface area (TPSA) is 0 Å². The lowest BCUT2D eigenvalue weighted by Gasteiger charge is -1.99. The summed E-state index contributed by atoms with van der Waals surface area (Å²) in [6, 6.07) is 20.8. The third-order valence-electron chi connectivity index (χ3n) is 1.72. The fraction of sp³-hybridized carbons (Fsp3) is 0. The molecule has 0 heterocycles. The Morgan fingerprint density at radius 2 is 0.889 bits per heavy atom. The molecule has 2 aromatic carbocycles. The summed E-state index contributed by atoms with van der Waals surface area (Å²) in [5.74, 6) is 0. The van der Waals surface area contributed by atoms with E-state index in [1.165, 1.54) is 9.79 Å². The van der Waals surface area contributed by atoms with Crippen molar-refractivity contribution in [3.05, 3.63) is 60.7 Å². The molecule has 0 unspecified atom stereocenters. The average molecular weight is 273 g/mol. The summed E-state index contributed by atoms with van der Waals surface area (Å²) in [4.78, 5) is 2.57. The van der Waals surface area contributed by atoms with E-state index in [0.29, 0.717) is 0 Å². The highest BCUT2D eigenvalue weighted by Gasteiger charge is 2.20. The van der Waals surface area contributed by atoms with Crippen LogP contribution < -0.4 is 0 Å². The molecule has 0 aliphatic rings. The molecule has 18 heavy (non-hydrogen) atoms. The van der Waals surface area contributed by atoms with Crippen LogP contribution in [0, 0.1) is 0 Å². The summed E-state index contributed by atoms with van der Waals surface area (Å²) in [6.45, 7) is 0. The van der Waals surface area contributed by atoms with Crippen LogP contribution in [0.5, 0.6) is 0 Å². The van der Waals surface area contributed by atoms with Crippen LogP contribution in [0.4, 0.5) is 17.3 Å². The van der Waals surface area contributed by atoms with E-state index in [2.05, 4.69) is 48.5 Å². The second-order valence-electron chi connectivity index (χ2n) is 3.22. The van der Waals surface area contributed by atoms with Gasteiger partial charge in [-0.15, -0.1) is 0 Å². The quantitative estimate of drug-likeness (QED) is 0.539. The van der Waals surface area contributed by atoms with Crippen LogP contribution in [0.15, 0.2) is 70.5 Å². The molecule has 2 aromatic rings. The SMILES string of the molecule is F[B-](F)(F)F.c1ccc(Sc2ccccc2)cc1. The van der Waals surface area contributed by atoms with E-state index in [9.17, 15) is 17.3 Å². The van der Waals surface area contributed by atoms with Crippen LogP contribution >= 0.6 is 11.8 Å². The first kappa shape index (κ1) is 14.6. The standard InChI is InChI=1S/C12H10S.BF4/c1-3-7-11(8-4-1)13-12-9-5-2-6-10-12;2-1(3,4)5/h1-10H;/q;-1. The molecule has 0 nitrogen and oxygen atoms in total. The highest BCUT2D eigenvalue weighted by Crippen LogP contribution is 2.26. The van der Waals surface area contributed by atoms with Crippen molar-refractivity contribution in [2.24, 2.45) is 0 Å². The molecule has 0 N–H and O–H groups in total. The average Bonchev–Trinajstić information content (AvgIpc) is 2.29. The van der Waals surface area contributed by atoms with Crippen molar-refractivity contribution in [2.45, 2.75) is 9.79 Å². The maximum atomic E-state index is 9.75. The van der Waals surface area contributed by atoms with Crippen molar-refractivity contribution in [1.29, 1.82) is 0 Å². The Balaban J connectivity index is 0.000000280. The van der Waals surface area contributed by atoms with E-state index in [-0.39, 0.29) is 0 Å². The smallest absolute Gasteiger partial charge is 0.418 e. The molecule has 0 aromatic heterocycles. The van der Waals surface area contributed by atoms with E-state index in [0.717, 1.165) is 0 Å². The zero-order valence-electron chi connectivity index (χ0n) is 9.27. The Labute approximate surface area is 107 Å². The number of halogens is 4. The number of rotatable bonds is 2. The van der Waals surface area contributed by atoms with E-state index < -0.39 is 7.25 Å². The fourth-order valence-electron chi connectivity index (χ4n) is 1.11. The zero-order chi connectivity index (χ0) is 13.4. The van der Waals surface area contributed by atoms with Gasteiger partial charge >= 0.3 is 7.25 Å². The van der Waals surface area contributed by atoms with Crippen LogP contribution in [0.2, 0.25) is 0 Å². The van der Waals surface area contributed by atoms with Crippen molar-refractivity contribution in [3.63, 3.8) is 0 Å². The number of benzene rings is 2. The molecular formula is C12H10BF4S-. The molecule has 0 aliphatic heterocycles. The Hall–Kier alpha value is -1.43. The normalized spacial score (nSPS) is 10.4. The predicted octanol–water partition coefficient (Wildman–Crippen LogP) is 5.14. The molecule has 0 saturated heterocycles. The van der Waals surface area contributed by atoms with Gasteiger partial charge in [-0.1, -0.05) is 48.2 Å². The Kier molecular flexibility index (Phi) is 5.78. The van der Waals surface area contributed by atoms with E-state index in [1.54, 1.807) is 11.8 Å². The summed E-state index contributed by atoms with van der Waals surface area (Å²) >= 11 is 1.79. The van der Waals surface area contributed by atoms with Crippen LogP contribution in [-0.2, 0) is 0 Å². The highest BCUT2D eigenvalue weighted by atomic mass is 32.2. The maximum absolute atomic E-state index is 9.75.